The molecule has 0 radical (unpaired) electrons. The molecule has 3 rings (SSSR count). The minimum atomic E-state index is -3.97. The number of ether oxygens (including phenoxy) is 1. The molecule has 3 aromatic carbocycles. The predicted octanol–water partition coefficient (Wildman–Crippen LogP) is 4.39. The average Bonchev–Trinajstić information content (AvgIpc) is 2.79. The van der Waals surface area contributed by atoms with Gasteiger partial charge in [0, 0.05) is 6.04 Å². The Morgan fingerprint density at radius 1 is 1.03 bits per heavy atom. The van der Waals surface area contributed by atoms with Crippen LogP contribution in [0.15, 0.2) is 77.7 Å². The van der Waals surface area contributed by atoms with E-state index in [0.29, 0.717) is 24.3 Å². The van der Waals surface area contributed by atoms with Crippen LogP contribution in [0.5, 0.6) is 5.75 Å². The zero-order valence-electron chi connectivity index (χ0n) is 17.8. The quantitative estimate of drug-likeness (QED) is 0.500. The zero-order chi connectivity index (χ0) is 23.1. The molecule has 0 heterocycles. The lowest BCUT2D eigenvalue weighted by molar-refractivity contribution is 0.102. The first kappa shape index (κ1) is 23.4. The van der Waals surface area contributed by atoms with Crippen molar-refractivity contribution in [2.45, 2.75) is 30.7 Å². The van der Waals surface area contributed by atoms with E-state index in [4.69, 9.17) is 4.74 Å². The number of anilines is 1. The van der Waals surface area contributed by atoms with E-state index < -0.39 is 21.7 Å². The molecule has 2 N–H and O–H groups in total. The molecule has 8 heteroatoms. The van der Waals surface area contributed by atoms with Crippen LogP contribution in [-0.2, 0) is 16.4 Å². The summed E-state index contributed by atoms with van der Waals surface area (Å²) in [6, 6.07) is 19.0. The molecule has 168 valence electrons. The van der Waals surface area contributed by atoms with E-state index >= 15 is 0 Å². The Bertz CT molecular complexity index is 1180. The largest absolute Gasteiger partial charge is 0.495 e. The average molecular weight is 457 g/mol. The maximum absolute atomic E-state index is 14.4. The van der Waals surface area contributed by atoms with Crippen molar-refractivity contribution in [3.8, 4) is 5.75 Å². The first-order chi connectivity index (χ1) is 15.3. The molecule has 6 nitrogen and oxygen atoms in total. The van der Waals surface area contributed by atoms with Crippen molar-refractivity contribution in [2.24, 2.45) is 0 Å². The van der Waals surface area contributed by atoms with Gasteiger partial charge in [-0.1, -0.05) is 49.4 Å². The summed E-state index contributed by atoms with van der Waals surface area (Å²) < 4.78 is 48.1. The molecule has 32 heavy (non-hydrogen) atoms. The molecular weight excluding hydrogens is 431 g/mol. The number of hydrogen-bond acceptors (Lipinski definition) is 4. The lowest BCUT2D eigenvalue weighted by atomic mass is 10.1. The summed E-state index contributed by atoms with van der Waals surface area (Å²) in [5.74, 6) is -1.20. The van der Waals surface area contributed by atoms with Gasteiger partial charge in [-0.25, -0.2) is 17.5 Å². The van der Waals surface area contributed by atoms with Crippen LogP contribution >= 0.6 is 0 Å². The van der Waals surface area contributed by atoms with E-state index in [1.165, 1.54) is 7.11 Å². The van der Waals surface area contributed by atoms with E-state index in [1.807, 2.05) is 37.3 Å². The van der Waals surface area contributed by atoms with Gasteiger partial charge in [-0.3, -0.25) is 4.79 Å². The molecule has 0 aliphatic carbocycles. The lowest BCUT2D eigenvalue weighted by Gasteiger charge is -2.18. The number of rotatable bonds is 9. The van der Waals surface area contributed by atoms with Gasteiger partial charge in [0.15, 0.2) is 0 Å². The van der Waals surface area contributed by atoms with Crippen LogP contribution in [0.4, 0.5) is 10.1 Å². The zero-order valence-corrected chi connectivity index (χ0v) is 18.7. The minimum absolute atomic E-state index is 0.185. The number of carbonyl (C=O) groups excluding carboxylic acids is 1. The molecule has 0 saturated carbocycles. The van der Waals surface area contributed by atoms with Crippen molar-refractivity contribution in [1.82, 2.24) is 4.72 Å². The maximum Gasteiger partial charge on any atom is 0.258 e. The normalized spacial score (nSPS) is 12.2. The molecule has 0 aliphatic rings. The standard InChI is InChI=1S/C24H25FN2O4S/c1-3-18(15-17-9-5-4-6-10-17)27-32(29,30)19-13-14-21(25)20(16-19)24(28)26-22-11-7-8-12-23(22)31-2/h4-14,16,18,27H,3,15H2,1-2H3,(H,26,28). The number of benzene rings is 3. The van der Waals surface area contributed by atoms with Gasteiger partial charge >= 0.3 is 0 Å². The molecule has 0 aromatic heterocycles. The number of sulfonamides is 1. The Morgan fingerprint density at radius 3 is 2.41 bits per heavy atom. The number of carbonyl (C=O) groups is 1. The van der Waals surface area contributed by atoms with Gasteiger partial charge in [-0.2, -0.15) is 0 Å². The fraction of sp³-hybridized carbons (Fsp3) is 0.208. The van der Waals surface area contributed by atoms with Crippen molar-refractivity contribution < 1.29 is 22.3 Å². The smallest absolute Gasteiger partial charge is 0.258 e. The van der Waals surface area contributed by atoms with Crippen molar-refractivity contribution in [3.05, 3.63) is 89.7 Å². The van der Waals surface area contributed by atoms with Gasteiger partial charge in [-0.15, -0.1) is 0 Å². The number of nitrogens with one attached hydrogen (secondary N) is 2. The Kier molecular flexibility index (Phi) is 7.61. The molecule has 0 bridgehead atoms. The second-order valence-electron chi connectivity index (χ2n) is 7.21. The monoisotopic (exact) mass is 456 g/mol. The predicted molar refractivity (Wildman–Crippen MR) is 122 cm³/mol. The molecule has 1 atom stereocenters. The molecule has 0 spiro atoms. The SMILES string of the molecule is CCC(Cc1ccccc1)NS(=O)(=O)c1ccc(F)c(C(=O)Nc2ccccc2OC)c1. The van der Waals surface area contributed by atoms with Gasteiger partial charge in [-0.05, 0) is 48.7 Å². The van der Waals surface area contributed by atoms with Gasteiger partial charge in [0.1, 0.15) is 11.6 Å². The number of methoxy groups -OCH3 is 1. The van der Waals surface area contributed by atoms with Gasteiger partial charge in [0.2, 0.25) is 10.0 Å². The van der Waals surface area contributed by atoms with Crippen molar-refractivity contribution >= 4 is 21.6 Å². The summed E-state index contributed by atoms with van der Waals surface area (Å²) in [5, 5.41) is 2.56. The Hall–Kier alpha value is -3.23. The third-order valence-electron chi connectivity index (χ3n) is 4.99. The highest BCUT2D eigenvalue weighted by Crippen LogP contribution is 2.25. The van der Waals surface area contributed by atoms with Crippen LogP contribution in [0.2, 0.25) is 0 Å². The highest BCUT2D eigenvalue weighted by molar-refractivity contribution is 7.89. The Morgan fingerprint density at radius 2 is 1.72 bits per heavy atom. The molecule has 0 saturated heterocycles. The van der Waals surface area contributed by atoms with E-state index in [1.54, 1.807) is 24.3 Å². The van der Waals surface area contributed by atoms with Crippen LogP contribution in [0.25, 0.3) is 0 Å². The van der Waals surface area contributed by atoms with E-state index in [9.17, 15) is 17.6 Å². The Balaban J connectivity index is 1.82. The molecule has 1 amide bonds. The van der Waals surface area contributed by atoms with Crippen LogP contribution in [0.3, 0.4) is 0 Å². The molecule has 0 aliphatic heterocycles. The number of para-hydroxylation sites is 2. The van der Waals surface area contributed by atoms with Crippen molar-refractivity contribution in [2.75, 3.05) is 12.4 Å². The van der Waals surface area contributed by atoms with E-state index in [2.05, 4.69) is 10.0 Å². The van der Waals surface area contributed by atoms with Gasteiger partial charge in [0.25, 0.3) is 5.91 Å². The summed E-state index contributed by atoms with van der Waals surface area (Å²) in [4.78, 5) is 12.5. The third-order valence-corrected chi connectivity index (χ3v) is 6.51. The van der Waals surface area contributed by atoms with E-state index in [0.717, 1.165) is 23.8 Å². The van der Waals surface area contributed by atoms with Gasteiger partial charge < -0.3 is 10.1 Å². The molecule has 3 aromatic rings. The topological polar surface area (TPSA) is 84.5 Å². The number of halogens is 1. The molecule has 1 unspecified atom stereocenters. The summed E-state index contributed by atoms with van der Waals surface area (Å²) in [5.41, 5.74) is 0.965. The van der Waals surface area contributed by atoms with Crippen LogP contribution < -0.4 is 14.8 Å². The summed E-state index contributed by atoms with van der Waals surface area (Å²) >= 11 is 0. The van der Waals surface area contributed by atoms with E-state index in [-0.39, 0.29) is 16.5 Å². The highest BCUT2D eigenvalue weighted by Gasteiger charge is 2.23. The number of hydrogen-bond donors (Lipinski definition) is 2. The van der Waals surface area contributed by atoms with Crippen LogP contribution in [0.1, 0.15) is 29.3 Å². The number of amides is 1. The fourth-order valence-corrected chi connectivity index (χ4v) is 4.58. The minimum Gasteiger partial charge on any atom is -0.495 e. The van der Waals surface area contributed by atoms with Crippen molar-refractivity contribution in [3.63, 3.8) is 0 Å². The summed E-state index contributed by atoms with van der Waals surface area (Å²) in [7, 11) is -2.52. The van der Waals surface area contributed by atoms with Crippen LogP contribution in [0, 0.1) is 5.82 Å². The first-order valence-electron chi connectivity index (χ1n) is 10.1. The van der Waals surface area contributed by atoms with Crippen molar-refractivity contribution in [1.29, 1.82) is 0 Å². The fourth-order valence-electron chi connectivity index (χ4n) is 3.24. The summed E-state index contributed by atoms with van der Waals surface area (Å²) in [6.07, 6.45) is 1.08. The highest BCUT2D eigenvalue weighted by atomic mass is 32.2. The molecular formula is C24H25FN2O4S. The second-order valence-corrected chi connectivity index (χ2v) is 8.93. The maximum atomic E-state index is 14.4. The van der Waals surface area contributed by atoms with Crippen LogP contribution in [-0.4, -0.2) is 27.5 Å². The first-order valence-corrected chi connectivity index (χ1v) is 11.6. The third kappa shape index (κ3) is 5.72. The Labute approximate surface area is 187 Å². The summed E-state index contributed by atoms with van der Waals surface area (Å²) in [6.45, 7) is 1.88. The van der Waals surface area contributed by atoms with Gasteiger partial charge in [0.05, 0.1) is 23.3 Å². The molecule has 0 fully saturated rings. The second kappa shape index (κ2) is 10.4. The lowest BCUT2D eigenvalue weighted by Crippen LogP contribution is -2.36.